The number of fused-ring (bicyclic) bond motifs is 1. The van der Waals surface area contributed by atoms with Crippen molar-refractivity contribution in [1.29, 1.82) is 0 Å². The molecule has 0 bridgehead atoms. The number of hydrogen-bond acceptors (Lipinski definition) is 3. The standard InChI is InChI=1S/C18H18BrN3O/c1-11-6-5-8-14-17(11)21-16(22-18(14)23)10-20-12(2)13-7-3-4-9-15(13)19/h3-9,12,20H,10H2,1-2H3,(H,21,22,23). The summed E-state index contributed by atoms with van der Waals surface area (Å²) in [5, 5.41) is 4.04. The first-order valence-electron chi connectivity index (χ1n) is 7.52. The highest BCUT2D eigenvalue weighted by molar-refractivity contribution is 9.10. The van der Waals surface area contributed by atoms with Gasteiger partial charge in [-0.05, 0) is 37.1 Å². The second-order valence-corrected chi connectivity index (χ2v) is 6.46. The van der Waals surface area contributed by atoms with Gasteiger partial charge in [0.2, 0.25) is 0 Å². The van der Waals surface area contributed by atoms with Crippen molar-refractivity contribution < 1.29 is 0 Å². The van der Waals surface area contributed by atoms with Crippen LogP contribution in [0.5, 0.6) is 0 Å². The Hall–Kier alpha value is -1.98. The number of benzene rings is 2. The van der Waals surface area contributed by atoms with Gasteiger partial charge in [0, 0.05) is 10.5 Å². The van der Waals surface area contributed by atoms with Gasteiger partial charge in [-0.1, -0.05) is 46.3 Å². The van der Waals surface area contributed by atoms with Crippen LogP contribution in [0.4, 0.5) is 0 Å². The Bertz CT molecular complexity index is 904. The smallest absolute Gasteiger partial charge is 0.258 e. The number of nitrogens with zero attached hydrogens (tertiary/aromatic N) is 1. The van der Waals surface area contributed by atoms with Crippen LogP contribution in [0.2, 0.25) is 0 Å². The molecule has 1 heterocycles. The average molecular weight is 372 g/mol. The van der Waals surface area contributed by atoms with Gasteiger partial charge in [0.05, 0.1) is 17.4 Å². The van der Waals surface area contributed by atoms with Crippen molar-refractivity contribution in [3.8, 4) is 0 Å². The molecular weight excluding hydrogens is 354 g/mol. The van der Waals surface area contributed by atoms with Crippen molar-refractivity contribution in [2.45, 2.75) is 26.4 Å². The first kappa shape index (κ1) is 15.9. The quantitative estimate of drug-likeness (QED) is 0.732. The molecule has 0 spiro atoms. The first-order valence-corrected chi connectivity index (χ1v) is 8.32. The molecule has 0 aliphatic heterocycles. The maximum atomic E-state index is 12.2. The van der Waals surface area contributed by atoms with Crippen molar-refractivity contribution >= 4 is 26.8 Å². The zero-order chi connectivity index (χ0) is 16.4. The largest absolute Gasteiger partial charge is 0.309 e. The molecule has 0 amide bonds. The Balaban J connectivity index is 1.84. The van der Waals surface area contributed by atoms with Gasteiger partial charge < -0.3 is 10.3 Å². The molecule has 0 fully saturated rings. The van der Waals surface area contributed by atoms with Crippen molar-refractivity contribution in [1.82, 2.24) is 15.3 Å². The Morgan fingerprint density at radius 2 is 2.00 bits per heavy atom. The lowest BCUT2D eigenvalue weighted by atomic mass is 10.1. The summed E-state index contributed by atoms with van der Waals surface area (Å²) in [6.45, 7) is 4.56. The zero-order valence-corrected chi connectivity index (χ0v) is 14.6. The lowest BCUT2D eigenvalue weighted by Gasteiger charge is -2.15. The Morgan fingerprint density at radius 3 is 2.78 bits per heavy atom. The Morgan fingerprint density at radius 1 is 1.22 bits per heavy atom. The third-order valence-corrected chi connectivity index (χ3v) is 4.66. The Labute approximate surface area is 143 Å². The molecule has 1 unspecified atom stereocenters. The highest BCUT2D eigenvalue weighted by Gasteiger charge is 2.10. The minimum Gasteiger partial charge on any atom is -0.309 e. The van der Waals surface area contributed by atoms with Crippen LogP contribution in [0.1, 0.15) is 29.9 Å². The summed E-state index contributed by atoms with van der Waals surface area (Å²) in [5.74, 6) is 0.649. The van der Waals surface area contributed by atoms with Crippen molar-refractivity contribution in [3.05, 3.63) is 74.2 Å². The predicted molar refractivity (Wildman–Crippen MR) is 96.5 cm³/mol. The number of aromatic nitrogens is 2. The molecule has 0 aliphatic rings. The molecule has 3 aromatic rings. The second kappa shape index (κ2) is 6.64. The van der Waals surface area contributed by atoms with Gasteiger partial charge in [0.1, 0.15) is 5.82 Å². The fourth-order valence-corrected chi connectivity index (χ4v) is 3.25. The van der Waals surface area contributed by atoms with Crippen LogP contribution in [-0.2, 0) is 6.54 Å². The van der Waals surface area contributed by atoms with Gasteiger partial charge in [-0.25, -0.2) is 4.98 Å². The summed E-state index contributed by atoms with van der Waals surface area (Å²) >= 11 is 3.56. The summed E-state index contributed by atoms with van der Waals surface area (Å²) in [6.07, 6.45) is 0. The highest BCUT2D eigenvalue weighted by atomic mass is 79.9. The normalized spacial score (nSPS) is 12.5. The molecule has 0 radical (unpaired) electrons. The van der Waals surface area contributed by atoms with E-state index in [1.54, 1.807) is 6.07 Å². The molecule has 0 saturated heterocycles. The maximum Gasteiger partial charge on any atom is 0.258 e. The van der Waals surface area contributed by atoms with Crippen LogP contribution < -0.4 is 10.9 Å². The molecule has 1 atom stereocenters. The van der Waals surface area contributed by atoms with E-state index in [1.165, 1.54) is 5.56 Å². The van der Waals surface area contributed by atoms with Crippen LogP contribution in [0.15, 0.2) is 51.7 Å². The van der Waals surface area contributed by atoms with E-state index in [0.29, 0.717) is 17.8 Å². The van der Waals surface area contributed by atoms with E-state index in [1.807, 2.05) is 37.3 Å². The highest BCUT2D eigenvalue weighted by Crippen LogP contribution is 2.22. The molecule has 0 aliphatic carbocycles. The molecule has 1 aromatic heterocycles. The molecular formula is C18H18BrN3O. The summed E-state index contributed by atoms with van der Waals surface area (Å²) in [4.78, 5) is 19.6. The Kier molecular flexibility index (Phi) is 4.59. The van der Waals surface area contributed by atoms with E-state index in [9.17, 15) is 4.79 Å². The maximum absolute atomic E-state index is 12.2. The number of para-hydroxylation sites is 1. The molecule has 0 saturated carbocycles. The monoisotopic (exact) mass is 371 g/mol. The third-order valence-electron chi connectivity index (χ3n) is 3.93. The van der Waals surface area contributed by atoms with E-state index in [4.69, 9.17) is 0 Å². The minimum atomic E-state index is -0.0935. The van der Waals surface area contributed by atoms with E-state index >= 15 is 0 Å². The fraction of sp³-hybridized carbons (Fsp3) is 0.222. The second-order valence-electron chi connectivity index (χ2n) is 5.61. The average Bonchev–Trinajstić information content (AvgIpc) is 2.54. The van der Waals surface area contributed by atoms with Gasteiger partial charge in [-0.3, -0.25) is 4.79 Å². The van der Waals surface area contributed by atoms with E-state index in [2.05, 4.69) is 44.2 Å². The minimum absolute atomic E-state index is 0.0935. The number of H-pyrrole nitrogens is 1. The van der Waals surface area contributed by atoms with Crippen molar-refractivity contribution in [2.75, 3.05) is 0 Å². The van der Waals surface area contributed by atoms with E-state index in [0.717, 1.165) is 15.6 Å². The summed E-state index contributed by atoms with van der Waals surface area (Å²) in [7, 11) is 0. The molecule has 5 heteroatoms. The molecule has 2 N–H and O–H groups in total. The van der Waals surface area contributed by atoms with Crippen molar-refractivity contribution in [2.24, 2.45) is 0 Å². The first-order chi connectivity index (χ1) is 11.1. The lowest BCUT2D eigenvalue weighted by molar-refractivity contribution is 0.558. The predicted octanol–water partition coefficient (Wildman–Crippen LogP) is 3.84. The number of halogens is 1. The summed E-state index contributed by atoms with van der Waals surface area (Å²) < 4.78 is 1.07. The molecule has 2 aromatic carbocycles. The number of rotatable bonds is 4. The van der Waals surface area contributed by atoms with Crippen LogP contribution in [0.3, 0.4) is 0 Å². The lowest BCUT2D eigenvalue weighted by Crippen LogP contribution is -2.22. The van der Waals surface area contributed by atoms with Crippen LogP contribution in [-0.4, -0.2) is 9.97 Å². The number of aromatic amines is 1. The van der Waals surface area contributed by atoms with Gasteiger partial charge in [0.15, 0.2) is 0 Å². The molecule has 23 heavy (non-hydrogen) atoms. The SMILES string of the molecule is Cc1cccc2c(=O)[nH]c(CNC(C)c3ccccc3Br)nc12. The fourth-order valence-electron chi connectivity index (χ4n) is 2.62. The van der Waals surface area contributed by atoms with E-state index < -0.39 is 0 Å². The topological polar surface area (TPSA) is 57.8 Å². The number of hydrogen-bond donors (Lipinski definition) is 2. The zero-order valence-electron chi connectivity index (χ0n) is 13.1. The van der Waals surface area contributed by atoms with Crippen LogP contribution >= 0.6 is 15.9 Å². The molecule has 3 rings (SSSR count). The number of aryl methyl sites for hydroxylation is 1. The van der Waals surface area contributed by atoms with Gasteiger partial charge in [-0.15, -0.1) is 0 Å². The van der Waals surface area contributed by atoms with Gasteiger partial charge in [0.25, 0.3) is 5.56 Å². The summed E-state index contributed by atoms with van der Waals surface area (Å²) in [5.41, 5.74) is 2.85. The van der Waals surface area contributed by atoms with Crippen molar-refractivity contribution in [3.63, 3.8) is 0 Å². The molecule has 4 nitrogen and oxygen atoms in total. The van der Waals surface area contributed by atoms with E-state index in [-0.39, 0.29) is 11.6 Å². The third kappa shape index (κ3) is 3.35. The molecule has 118 valence electrons. The van der Waals surface area contributed by atoms with Crippen LogP contribution in [0.25, 0.3) is 10.9 Å². The van der Waals surface area contributed by atoms with Crippen LogP contribution in [0, 0.1) is 6.92 Å². The number of nitrogens with one attached hydrogen (secondary N) is 2. The van der Waals surface area contributed by atoms with Gasteiger partial charge in [-0.2, -0.15) is 0 Å². The van der Waals surface area contributed by atoms with Gasteiger partial charge >= 0.3 is 0 Å². The summed E-state index contributed by atoms with van der Waals surface area (Å²) in [6, 6.07) is 13.9.